The monoisotopic (exact) mass is 314 g/mol. The molecule has 1 saturated heterocycles. The number of hydrogen-bond donors (Lipinski definition) is 2. The third-order valence-electron chi connectivity index (χ3n) is 4.03. The number of nitrogens with zero attached hydrogens (tertiary/aromatic N) is 1. The van der Waals surface area contributed by atoms with Crippen molar-refractivity contribution in [1.82, 2.24) is 10.2 Å². The molecule has 1 aliphatic rings. The molecule has 0 spiro atoms. The van der Waals surface area contributed by atoms with Gasteiger partial charge in [-0.1, -0.05) is 17.7 Å². The minimum absolute atomic E-state index is 0.248. The summed E-state index contributed by atoms with van der Waals surface area (Å²) in [6.07, 6.45) is 1.97. The van der Waals surface area contributed by atoms with E-state index in [9.17, 15) is 9.50 Å². The van der Waals surface area contributed by atoms with Gasteiger partial charge in [0.05, 0.1) is 6.10 Å². The summed E-state index contributed by atoms with van der Waals surface area (Å²) in [5, 5.41) is 13.2. The van der Waals surface area contributed by atoms with E-state index in [1.165, 1.54) is 6.07 Å². The first-order valence-corrected chi connectivity index (χ1v) is 7.98. The van der Waals surface area contributed by atoms with Crippen LogP contribution in [0, 0.1) is 11.7 Å². The number of halogens is 2. The van der Waals surface area contributed by atoms with Crippen LogP contribution in [-0.2, 0) is 6.54 Å². The van der Waals surface area contributed by atoms with Crippen LogP contribution in [-0.4, -0.2) is 42.3 Å². The maximum atomic E-state index is 13.6. The molecular weight excluding hydrogens is 291 g/mol. The van der Waals surface area contributed by atoms with Crippen molar-refractivity contribution < 1.29 is 9.50 Å². The van der Waals surface area contributed by atoms with Gasteiger partial charge in [0.15, 0.2) is 0 Å². The molecule has 0 bridgehead atoms. The van der Waals surface area contributed by atoms with E-state index in [-0.39, 0.29) is 11.9 Å². The summed E-state index contributed by atoms with van der Waals surface area (Å²) in [5.74, 6) is 0.363. The number of rotatable bonds is 6. The molecule has 1 unspecified atom stereocenters. The fraction of sp³-hybridized carbons (Fsp3) is 0.625. The van der Waals surface area contributed by atoms with Crippen molar-refractivity contribution in [2.75, 3.05) is 26.2 Å². The molecule has 5 heteroatoms. The predicted molar refractivity (Wildman–Crippen MR) is 84.0 cm³/mol. The molecule has 1 fully saturated rings. The van der Waals surface area contributed by atoms with E-state index in [4.69, 9.17) is 11.6 Å². The third-order valence-corrected chi connectivity index (χ3v) is 4.38. The molecule has 21 heavy (non-hydrogen) atoms. The smallest absolute Gasteiger partial charge is 0.129 e. The number of likely N-dealkylation sites (tertiary alicyclic amines) is 1. The van der Waals surface area contributed by atoms with E-state index in [1.54, 1.807) is 12.1 Å². The Morgan fingerprint density at radius 2 is 2.14 bits per heavy atom. The van der Waals surface area contributed by atoms with Gasteiger partial charge < -0.3 is 15.3 Å². The summed E-state index contributed by atoms with van der Waals surface area (Å²) in [7, 11) is 0. The molecular formula is C16H24ClFN2O. The second-order valence-corrected chi connectivity index (χ2v) is 6.33. The van der Waals surface area contributed by atoms with Crippen molar-refractivity contribution >= 4 is 11.6 Å². The van der Waals surface area contributed by atoms with Gasteiger partial charge in [0.25, 0.3) is 0 Å². The molecule has 0 saturated carbocycles. The number of aliphatic hydroxyl groups is 1. The van der Waals surface area contributed by atoms with Crippen molar-refractivity contribution in [3.05, 3.63) is 34.6 Å². The normalized spacial score (nSPS) is 18.9. The zero-order valence-corrected chi connectivity index (χ0v) is 13.2. The molecule has 0 aliphatic carbocycles. The average molecular weight is 315 g/mol. The van der Waals surface area contributed by atoms with Crippen molar-refractivity contribution in [1.29, 1.82) is 0 Å². The first-order chi connectivity index (χ1) is 10.1. The number of benzene rings is 1. The maximum Gasteiger partial charge on any atom is 0.129 e. The molecule has 0 radical (unpaired) electrons. The van der Waals surface area contributed by atoms with Crippen LogP contribution in [0.1, 0.15) is 25.3 Å². The summed E-state index contributed by atoms with van der Waals surface area (Å²) >= 11 is 6.01. The number of aliphatic hydroxyl groups excluding tert-OH is 1. The lowest BCUT2D eigenvalue weighted by Crippen LogP contribution is -2.40. The first-order valence-electron chi connectivity index (χ1n) is 7.60. The van der Waals surface area contributed by atoms with E-state index in [0.717, 1.165) is 39.0 Å². The van der Waals surface area contributed by atoms with Crippen molar-refractivity contribution in [2.24, 2.45) is 5.92 Å². The van der Waals surface area contributed by atoms with Gasteiger partial charge >= 0.3 is 0 Å². The van der Waals surface area contributed by atoms with Crippen LogP contribution < -0.4 is 5.32 Å². The Morgan fingerprint density at radius 1 is 1.43 bits per heavy atom. The third kappa shape index (κ3) is 5.22. The molecule has 2 rings (SSSR count). The van der Waals surface area contributed by atoms with E-state index >= 15 is 0 Å². The lowest BCUT2D eigenvalue weighted by molar-refractivity contribution is 0.0998. The lowest BCUT2D eigenvalue weighted by Gasteiger charge is -2.32. The fourth-order valence-electron chi connectivity index (χ4n) is 2.85. The van der Waals surface area contributed by atoms with Gasteiger partial charge in [0, 0.05) is 23.7 Å². The van der Waals surface area contributed by atoms with Crippen LogP contribution in [0.25, 0.3) is 0 Å². The van der Waals surface area contributed by atoms with Gasteiger partial charge in [-0.3, -0.25) is 0 Å². The molecule has 1 aromatic rings. The van der Waals surface area contributed by atoms with Gasteiger partial charge in [-0.25, -0.2) is 4.39 Å². The second-order valence-electron chi connectivity index (χ2n) is 5.92. The standard InChI is InChI=1S/C16H24ClFN2O/c1-12(21)11-20-7-5-13(6-8-20)9-19-10-14-15(17)3-2-4-16(14)18/h2-4,12-13,19,21H,5-11H2,1H3. The van der Waals surface area contributed by atoms with Crippen LogP contribution >= 0.6 is 11.6 Å². The lowest BCUT2D eigenvalue weighted by atomic mass is 9.96. The second kappa shape index (κ2) is 8.08. The summed E-state index contributed by atoms with van der Waals surface area (Å²) in [5.41, 5.74) is 0.547. The quantitative estimate of drug-likeness (QED) is 0.847. The van der Waals surface area contributed by atoms with Crippen LogP contribution in [0.4, 0.5) is 4.39 Å². The van der Waals surface area contributed by atoms with E-state index < -0.39 is 0 Å². The number of β-amino-alcohol motifs (C(OH)–C–C–N with tert-alkyl or cyclic N) is 1. The van der Waals surface area contributed by atoms with Gasteiger partial charge in [-0.05, 0) is 57.5 Å². The molecule has 0 amide bonds. The summed E-state index contributed by atoms with van der Waals surface area (Å²) in [6.45, 7) is 5.98. The van der Waals surface area contributed by atoms with Gasteiger partial charge in [-0.2, -0.15) is 0 Å². The highest BCUT2D eigenvalue weighted by atomic mass is 35.5. The zero-order chi connectivity index (χ0) is 15.2. The molecule has 0 aromatic heterocycles. The molecule has 1 aromatic carbocycles. The Balaban J connectivity index is 1.71. The zero-order valence-electron chi connectivity index (χ0n) is 12.5. The minimum Gasteiger partial charge on any atom is -0.392 e. The topological polar surface area (TPSA) is 35.5 Å². The summed E-state index contributed by atoms with van der Waals surface area (Å²) in [4.78, 5) is 2.30. The SMILES string of the molecule is CC(O)CN1CCC(CNCc2c(F)cccc2Cl)CC1. The fourth-order valence-corrected chi connectivity index (χ4v) is 3.08. The molecule has 1 atom stereocenters. The van der Waals surface area contributed by atoms with Crippen molar-refractivity contribution in [2.45, 2.75) is 32.4 Å². The Labute approximate surface area is 131 Å². The number of piperidine rings is 1. The highest BCUT2D eigenvalue weighted by molar-refractivity contribution is 6.31. The Kier molecular flexibility index (Phi) is 6.42. The highest BCUT2D eigenvalue weighted by Gasteiger charge is 2.19. The predicted octanol–water partition coefficient (Wildman–Crippen LogP) is 2.66. The van der Waals surface area contributed by atoms with Crippen LogP contribution in [0.2, 0.25) is 5.02 Å². The molecule has 1 heterocycles. The minimum atomic E-state index is -0.261. The van der Waals surface area contributed by atoms with Gasteiger partial charge in [-0.15, -0.1) is 0 Å². The largest absolute Gasteiger partial charge is 0.392 e. The van der Waals surface area contributed by atoms with Crippen molar-refractivity contribution in [3.8, 4) is 0 Å². The summed E-state index contributed by atoms with van der Waals surface area (Å²) < 4.78 is 13.6. The van der Waals surface area contributed by atoms with E-state index in [1.807, 2.05) is 6.92 Å². The van der Waals surface area contributed by atoms with Gasteiger partial charge in [0.1, 0.15) is 5.82 Å². The molecule has 118 valence electrons. The van der Waals surface area contributed by atoms with Crippen LogP contribution in [0.15, 0.2) is 18.2 Å². The maximum absolute atomic E-state index is 13.6. The van der Waals surface area contributed by atoms with Crippen molar-refractivity contribution in [3.63, 3.8) is 0 Å². The number of nitrogens with one attached hydrogen (secondary N) is 1. The number of hydrogen-bond acceptors (Lipinski definition) is 3. The Morgan fingerprint density at radius 3 is 2.76 bits per heavy atom. The highest BCUT2D eigenvalue weighted by Crippen LogP contribution is 2.20. The van der Waals surface area contributed by atoms with E-state index in [2.05, 4.69) is 10.2 Å². The van der Waals surface area contributed by atoms with Crippen LogP contribution in [0.5, 0.6) is 0 Å². The Hall–Kier alpha value is -0.680. The summed E-state index contributed by atoms with van der Waals surface area (Å²) in [6, 6.07) is 4.78. The Bertz CT molecular complexity index is 428. The molecule has 1 aliphatic heterocycles. The molecule has 3 nitrogen and oxygen atoms in total. The molecule has 2 N–H and O–H groups in total. The first kappa shape index (κ1) is 16.7. The average Bonchev–Trinajstić information content (AvgIpc) is 2.43. The van der Waals surface area contributed by atoms with Crippen LogP contribution in [0.3, 0.4) is 0 Å². The van der Waals surface area contributed by atoms with Gasteiger partial charge in [0.2, 0.25) is 0 Å². The van der Waals surface area contributed by atoms with E-state index in [0.29, 0.717) is 23.0 Å².